The van der Waals surface area contributed by atoms with Crippen molar-refractivity contribution in [2.75, 3.05) is 0 Å². The molecule has 9 aromatic carbocycles. The SMILES string of the molecule is [2H]c1c([2H])c([2H])c(C2c3ccccc3-c3cc4c(cc32)c2cccc3c5cc6c7cccc8c9cc%10c(cc9n(c6cc5n4c23)c87)c2ccccc2n%10-c2c([2H])c([2H])c([2H])c([2H])c2[2H])c([2H])c1[2H]. The fraction of sp³-hybridized carbons (Fsp3) is 0.0182. The van der Waals surface area contributed by atoms with Crippen LogP contribution in [0.2, 0.25) is 0 Å². The molecule has 58 heavy (non-hydrogen) atoms. The van der Waals surface area contributed by atoms with Gasteiger partial charge in [0.1, 0.15) is 0 Å². The number of hydrogen-bond acceptors (Lipinski definition) is 0. The number of nitrogens with zero attached hydrogens (tertiary/aromatic N) is 3. The Morgan fingerprint density at radius 3 is 1.62 bits per heavy atom. The maximum absolute atomic E-state index is 9.02. The molecule has 15 rings (SSSR count). The summed E-state index contributed by atoms with van der Waals surface area (Å²) in [6, 6.07) is 38.8. The third kappa shape index (κ3) is 3.41. The highest BCUT2D eigenvalue weighted by Crippen LogP contribution is 2.52. The first-order valence-electron chi connectivity index (χ1n) is 24.5. The maximum Gasteiger partial charge on any atom is 0.0645 e. The third-order valence-corrected chi connectivity index (χ3v) is 13.1. The van der Waals surface area contributed by atoms with Gasteiger partial charge in [0, 0.05) is 65.5 Å². The van der Waals surface area contributed by atoms with Gasteiger partial charge < -0.3 is 13.4 Å². The Labute approximate surface area is 345 Å². The van der Waals surface area contributed by atoms with Crippen LogP contribution in [0.3, 0.4) is 0 Å². The van der Waals surface area contributed by atoms with Gasteiger partial charge in [0.05, 0.1) is 57.8 Å². The van der Waals surface area contributed by atoms with Crippen molar-refractivity contribution in [3.05, 3.63) is 198 Å². The van der Waals surface area contributed by atoms with Crippen molar-refractivity contribution in [2.45, 2.75) is 5.92 Å². The fourth-order valence-corrected chi connectivity index (χ4v) is 10.9. The van der Waals surface area contributed by atoms with Crippen LogP contribution in [0.5, 0.6) is 0 Å². The quantitative estimate of drug-likeness (QED) is 0.167. The minimum atomic E-state index is -0.556. The van der Waals surface area contributed by atoms with Gasteiger partial charge in [0.15, 0.2) is 0 Å². The maximum atomic E-state index is 9.02. The van der Waals surface area contributed by atoms with Crippen molar-refractivity contribution in [2.24, 2.45) is 0 Å². The molecule has 1 aliphatic rings. The van der Waals surface area contributed by atoms with Crippen molar-refractivity contribution in [1.82, 2.24) is 13.4 Å². The number of aromatic nitrogens is 3. The lowest BCUT2D eigenvalue weighted by atomic mass is 9.89. The highest BCUT2D eigenvalue weighted by Gasteiger charge is 2.32. The molecule has 14 aromatic rings. The Balaban J connectivity index is 1.04. The number of para-hydroxylation sites is 4. The molecular weight excluding hydrogens is 703 g/mol. The zero-order valence-corrected chi connectivity index (χ0v) is 30.5. The van der Waals surface area contributed by atoms with Crippen LogP contribution in [0, 0.1) is 0 Å². The van der Waals surface area contributed by atoms with Gasteiger partial charge in [-0.3, -0.25) is 0 Å². The first kappa shape index (κ1) is 22.2. The summed E-state index contributed by atoms with van der Waals surface area (Å²) in [6.07, 6.45) is 0. The molecular formula is C55H31N3. The highest BCUT2D eigenvalue weighted by atomic mass is 15.0. The van der Waals surface area contributed by atoms with Crippen molar-refractivity contribution in [3.63, 3.8) is 0 Å². The number of benzene rings is 9. The van der Waals surface area contributed by atoms with Crippen molar-refractivity contribution in [1.29, 1.82) is 0 Å². The second kappa shape index (κ2) is 10.2. The fourth-order valence-electron chi connectivity index (χ4n) is 10.9. The zero-order valence-electron chi connectivity index (χ0n) is 40.5. The van der Waals surface area contributed by atoms with E-state index in [1.807, 2.05) is 47.0 Å². The molecule has 0 bridgehead atoms. The van der Waals surface area contributed by atoms with Gasteiger partial charge in [-0.05, 0) is 82.4 Å². The summed E-state index contributed by atoms with van der Waals surface area (Å²) in [6.45, 7) is 0. The summed E-state index contributed by atoms with van der Waals surface area (Å²) in [5.41, 5.74) is 11.9. The Hall–Kier alpha value is -7.62. The van der Waals surface area contributed by atoms with Gasteiger partial charge >= 0.3 is 0 Å². The summed E-state index contributed by atoms with van der Waals surface area (Å²) in [5.74, 6) is -0.556. The standard InChI is InChI=1S/C55H31N3/c1-3-13-31(14-4-1)53-35-19-8-7-17-33(35)40-27-49-43(26-46(40)53)38-22-11-20-36-41-25-42-37-21-12-23-39-45-29-48-44(34-18-9-10-24-47(34)56(48)32-15-5-2-6-16-32)28-50(45)58(55(37)39)52(42)30-51(41)57(49)54(36)38/h1-30,53H/i1D,2D,3D,4D,5D,6D,13D,14D,15D,16D. The van der Waals surface area contributed by atoms with Gasteiger partial charge in [-0.25, -0.2) is 0 Å². The number of fused-ring (bicyclic) bond motifs is 18. The molecule has 3 heteroatoms. The smallest absolute Gasteiger partial charge is 0.0645 e. The topological polar surface area (TPSA) is 13.8 Å². The van der Waals surface area contributed by atoms with Gasteiger partial charge in [-0.15, -0.1) is 0 Å². The average molecular weight is 744 g/mol. The van der Waals surface area contributed by atoms with Crippen LogP contribution in [0.15, 0.2) is 182 Å². The Bertz CT molecular complexity index is 4640. The van der Waals surface area contributed by atoms with Crippen molar-refractivity contribution >= 4 is 98.0 Å². The third-order valence-electron chi connectivity index (χ3n) is 13.1. The van der Waals surface area contributed by atoms with E-state index in [-0.39, 0.29) is 59.6 Å². The second-order valence-electron chi connectivity index (χ2n) is 15.7. The first-order valence-corrected chi connectivity index (χ1v) is 19.5. The van der Waals surface area contributed by atoms with E-state index in [1.54, 1.807) is 0 Å². The van der Waals surface area contributed by atoms with Crippen LogP contribution >= 0.6 is 0 Å². The number of rotatable bonds is 2. The Morgan fingerprint density at radius 1 is 0.362 bits per heavy atom. The molecule has 0 aliphatic heterocycles. The van der Waals surface area contributed by atoms with E-state index in [9.17, 15) is 0 Å². The molecule has 0 amide bonds. The van der Waals surface area contributed by atoms with E-state index in [4.69, 9.17) is 13.7 Å². The lowest BCUT2D eigenvalue weighted by molar-refractivity contribution is 1.02. The molecule has 0 saturated heterocycles. The van der Waals surface area contributed by atoms with Gasteiger partial charge in [-0.1, -0.05) is 127 Å². The minimum absolute atomic E-state index is 0.113. The molecule has 0 N–H and O–H groups in total. The lowest BCUT2D eigenvalue weighted by Gasteiger charge is -2.14. The van der Waals surface area contributed by atoms with Gasteiger partial charge in [-0.2, -0.15) is 0 Å². The molecule has 0 saturated carbocycles. The van der Waals surface area contributed by atoms with E-state index < -0.39 is 18.0 Å². The number of hydrogen-bond donors (Lipinski definition) is 0. The summed E-state index contributed by atoms with van der Waals surface area (Å²) < 4.78 is 93.4. The average Bonchev–Trinajstić information content (AvgIpc) is 4.19. The van der Waals surface area contributed by atoms with Crippen LogP contribution in [-0.4, -0.2) is 13.4 Å². The molecule has 5 aromatic heterocycles. The van der Waals surface area contributed by atoms with Crippen LogP contribution in [0.1, 0.15) is 36.3 Å². The van der Waals surface area contributed by atoms with E-state index in [2.05, 4.69) is 87.7 Å². The van der Waals surface area contributed by atoms with Crippen molar-refractivity contribution in [3.8, 4) is 16.8 Å². The van der Waals surface area contributed by atoms with Gasteiger partial charge in [0.2, 0.25) is 0 Å². The van der Waals surface area contributed by atoms with E-state index in [0.29, 0.717) is 0 Å². The Morgan fingerprint density at radius 2 is 0.897 bits per heavy atom. The molecule has 3 nitrogen and oxygen atoms in total. The zero-order chi connectivity index (χ0) is 46.1. The van der Waals surface area contributed by atoms with E-state index in [0.717, 1.165) is 120 Å². The van der Waals surface area contributed by atoms with E-state index in [1.165, 1.54) is 0 Å². The predicted molar refractivity (Wildman–Crippen MR) is 243 cm³/mol. The lowest BCUT2D eigenvalue weighted by Crippen LogP contribution is -1.98. The van der Waals surface area contributed by atoms with Crippen LogP contribution in [-0.2, 0) is 0 Å². The van der Waals surface area contributed by atoms with Crippen molar-refractivity contribution < 1.29 is 13.7 Å². The summed E-state index contributed by atoms with van der Waals surface area (Å²) in [4.78, 5) is 0. The van der Waals surface area contributed by atoms with Gasteiger partial charge in [0.25, 0.3) is 0 Å². The van der Waals surface area contributed by atoms with E-state index >= 15 is 0 Å². The second-order valence-corrected chi connectivity index (χ2v) is 15.7. The molecule has 0 fully saturated rings. The summed E-state index contributed by atoms with van der Waals surface area (Å²) in [7, 11) is 0. The largest absolute Gasteiger partial charge is 0.309 e. The molecule has 1 atom stereocenters. The monoisotopic (exact) mass is 743 g/mol. The van der Waals surface area contributed by atoms with Crippen LogP contribution in [0.25, 0.3) is 115 Å². The Kier molecular flexibility index (Phi) is 3.91. The molecule has 0 radical (unpaired) electrons. The summed E-state index contributed by atoms with van der Waals surface area (Å²) in [5, 5.41) is 10.4. The van der Waals surface area contributed by atoms with Crippen LogP contribution < -0.4 is 0 Å². The molecule has 1 aliphatic carbocycles. The normalized spacial score (nSPS) is 16.8. The minimum Gasteiger partial charge on any atom is -0.309 e. The predicted octanol–water partition coefficient (Wildman–Crippen LogP) is 14.2. The molecule has 5 heterocycles. The molecule has 0 spiro atoms. The molecule has 266 valence electrons. The molecule has 1 unspecified atom stereocenters. The highest BCUT2D eigenvalue weighted by molar-refractivity contribution is 6.30. The van der Waals surface area contributed by atoms with Crippen LogP contribution in [0.4, 0.5) is 0 Å². The summed E-state index contributed by atoms with van der Waals surface area (Å²) >= 11 is 0. The first-order chi connectivity index (χ1) is 32.9.